The molecule has 2 aromatic rings. The first-order valence-electron chi connectivity index (χ1n) is 8.21. The fourth-order valence-corrected chi connectivity index (χ4v) is 2.65. The molecule has 1 N–H and O–H groups in total. The van der Waals surface area contributed by atoms with E-state index >= 15 is 0 Å². The normalized spacial score (nSPS) is 10.3. The van der Waals surface area contributed by atoms with Crippen LogP contribution in [0.5, 0.6) is 0 Å². The summed E-state index contributed by atoms with van der Waals surface area (Å²) >= 11 is 0. The van der Waals surface area contributed by atoms with Gasteiger partial charge in [0.05, 0.1) is 11.5 Å². The van der Waals surface area contributed by atoms with Crippen LogP contribution in [0.1, 0.15) is 29.8 Å². The summed E-state index contributed by atoms with van der Waals surface area (Å²) in [6, 6.07) is 11.7. The van der Waals surface area contributed by atoms with Gasteiger partial charge in [0.1, 0.15) is 5.69 Å². The van der Waals surface area contributed by atoms with Crippen LogP contribution < -0.4 is 10.2 Å². The number of anilines is 2. The van der Waals surface area contributed by atoms with Crippen molar-refractivity contribution >= 4 is 28.8 Å². The number of likely N-dealkylation sites (N-methyl/N-ethyl adjacent to an activating group) is 1. The van der Waals surface area contributed by atoms with Gasteiger partial charge in [0.2, 0.25) is 5.91 Å². The van der Waals surface area contributed by atoms with Gasteiger partial charge in [-0.1, -0.05) is 25.1 Å². The molecule has 0 unspecified atom stereocenters. The molecule has 0 aromatic heterocycles. The summed E-state index contributed by atoms with van der Waals surface area (Å²) in [5.41, 5.74) is 2.08. The predicted molar refractivity (Wildman–Crippen MR) is 101 cm³/mol. The van der Waals surface area contributed by atoms with Gasteiger partial charge in [0, 0.05) is 24.4 Å². The number of carbonyl (C=O) groups excluding carboxylic acids is 2. The van der Waals surface area contributed by atoms with E-state index in [4.69, 9.17) is 0 Å². The van der Waals surface area contributed by atoms with Crippen molar-refractivity contribution in [3.05, 3.63) is 63.7 Å². The Morgan fingerprint density at radius 2 is 1.88 bits per heavy atom. The van der Waals surface area contributed by atoms with Crippen LogP contribution >= 0.6 is 0 Å². The van der Waals surface area contributed by atoms with Gasteiger partial charge in [-0.15, -0.1) is 0 Å². The molecule has 0 atom stereocenters. The number of amides is 1. The highest BCUT2D eigenvalue weighted by Gasteiger charge is 2.20. The average molecular weight is 355 g/mol. The van der Waals surface area contributed by atoms with E-state index in [2.05, 4.69) is 5.32 Å². The summed E-state index contributed by atoms with van der Waals surface area (Å²) in [5, 5.41) is 14.2. The van der Waals surface area contributed by atoms with Crippen molar-refractivity contribution in [3.63, 3.8) is 0 Å². The van der Waals surface area contributed by atoms with Crippen molar-refractivity contribution in [2.45, 2.75) is 20.3 Å². The first-order valence-corrected chi connectivity index (χ1v) is 8.21. The van der Waals surface area contributed by atoms with Gasteiger partial charge in [-0.3, -0.25) is 19.7 Å². The molecule has 1 amide bonds. The number of hydrogen-bond acceptors (Lipinski definition) is 5. The van der Waals surface area contributed by atoms with Crippen LogP contribution in [0.15, 0.2) is 42.5 Å². The highest BCUT2D eigenvalue weighted by atomic mass is 16.6. The molecule has 2 aromatic carbocycles. The summed E-state index contributed by atoms with van der Waals surface area (Å²) in [4.78, 5) is 36.1. The van der Waals surface area contributed by atoms with Crippen LogP contribution in [-0.4, -0.2) is 30.2 Å². The third kappa shape index (κ3) is 4.44. The smallest absolute Gasteiger partial charge is 0.293 e. The van der Waals surface area contributed by atoms with Gasteiger partial charge in [0.25, 0.3) is 5.69 Å². The second-order valence-corrected chi connectivity index (χ2v) is 5.93. The van der Waals surface area contributed by atoms with Crippen LogP contribution in [0.4, 0.5) is 17.1 Å². The number of benzene rings is 2. The zero-order chi connectivity index (χ0) is 19.3. The highest BCUT2D eigenvalue weighted by molar-refractivity contribution is 5.97. The Morgan fingerprint density at radius 1 is 1.19 bits per heavy atom. The molecular formula is C19H21N3O4. The SMILES string of the molecule is CCc1ccccc1NC(=O)CN(C)c1ccc(C(C)=O)cc1[N+](=O)[O-]. The second-order valence-electron chi connectivity index (χ2n) is 5.93. The van der Waals surface area contributed by atoms with E-state index in [0.717, 1.165) is 17.7 Å². The molecule has 0 saturated carbocycles. The molecule has 0 bridgehead atoms. The standard InChI is InChI=1S/C19H21N3O4/c1-4-14-7-5-6-8-16(14)20-19(24)12-21(3)17-10-9-15(13(2)23)11-18(17)22(25)26/h5-11H,4,12H2,1-3H3,(H,20,24). The number of carbonyl (C=O) groups is 2. The molecule has 26 heavy (non-hydrogen) atoms. The zero-order valence-corrected chi connectivity index (χ0v) is 15.0. The van der Waals surface area contributed by atoms with Crippen LogP contribution in [0, 0.1) is 10.1 Å². The Bertz CT molecular complexity index is 848. The van der Waals surface area contributed by atoms with Gasteiger partial charge >= 0.3 is 0 Å². The largest absolute Gasteiger partial charge is 0.360 e. The Kier molecular flexibility index (Phi) is 6.06. The van der Waals surface area contributed by atoms with Crippen LogP contribution in [0.2, 0.25) is 0 Å². The van der Waals surface area contributed by atoms with Gasteiger partial charge in [-0.05, 0) is 37.1 Å². The van der Waals surface area contributed by atoms with E-state index in [1.54, 1.807) is 7.05 Å². The van der Waals surface area contributed by atoms with Crippen LogP contribution in [0.25, 0.3) is 0 Å². The fraction of sp³-hybridized carbons (Fsp3) is 0.263. The van der Waals surface area contributed by atoms with Gasteiger partial charge in [-0.2, -0.15) is 0 Å². The summed E-state index contributed by atoms with van der Waals surface area (Å²) in [6.45, 7) is 3.29. The van der Waals surface area contributed by atoms with Gasteiger partial charge < -0.3 is 10.2 Å². The minimum Gasteiger partial charge on any atom is -0.360 e. The fourth-order valence-electron chi connectivity index (χ4n) is 2.65. The molecule has 0 aliphatic carbocycles. The molecule has 0 aliphatic rings. The number of Topliss-reactive ketones (excluding diaryl/α,β-unsaturated/α-hetero) is 1. The Hall–Kier alpha value is -3.22. The topological polar surface area (TPSA) is 92.6 Å². The molecule has 0 radical (unpaired) electrons. The molecule has 136 valence electrons. The molecule has 0 heterocycles. The lowest BCUT2D eigenvalue weighted by atomic mass is 10.1. The second kappa shape index (κ2) is 8.24. The Balaban J connectivity index is 2.18. The molecular weight excluding hydrogens is 334 g/mol. The third-order valence-electron chi connectivity index (χ3n) is 4.04. The lowest BCUT2D eigenvalue weighted by molar-refractivity contribution is -0.384. The summed E-state index contributed by atoms with van der Waals surface area (Å²) in [6.07, 6.45) is 0.782. The minimum absolute atomic E-state index is 0.0572. The zero-order valence-electron chi connectivity index (χ0n) is 15.0. The minimum atomic E-state index is -0.553. The molecule has 2 rings (SSSR count). The predicted octanol–water partition coefficient (Wildman–Crippen LogP) is 3.43. The summed E-state index contributed by atoms with van der Waals surface area (Å²) < 4.78 is 0. The number of ketones is 1. The molecule has 0 aliphatic heterocycles. The van der Waals surface area contributed by atoms with Crippen molar-refractivity contribution in [2.24, 2.45) is 0 Å². The number of aryl methyl sites for hydroxylation is 1. The summed E-state index contributed by atoms with van der Waals surface area (Å²) in [5.74, 6) is -0.533. The van der Waals surface area contributed by atoms with Crippen molar-refractivity contribution in [2.75, 3.05) is 23.8 Å². The number of rotatable bonds is 7. The van der Waals surface area contributed by atoms with Crippen LogP contribution in [0.3, 0.4) is 0 Å². The quantitative estimate of drug-likeness (QED) is 0.467. The Labute approximate surface area is 151 Å². The molecule has 7 nitrogen and oxygen atoms in total. The summed E-state index contributed by atoms with van der Waals surface area (Å²) in [7, 11) is 1.60. The van der Waals surface area contributed by atoms with Crippen molar-refractivity contribution in [1.29, 1.82) is 0 Å². The van der Waals surface area contributed by atoms with E-state index in [-0.39, 0.29) is 35.2 Å². The van der Waals surface area contributed by atoms with Gasteiger partial charge in [0.15, 0.2) is 5.78 Å². The number of nitro benzene ring substituents is 1. The molecule has 0 saturated heterocycles. The average Bonchev–Trinajstić information content (AvgIpc) is 2.61. The van der Waals surface area contributed by atoms with E-state index in [9.17, 15) is 19.7 Å². The molecule has 7 heteroatoms. The van der Waals surface area contributed by atoms with Crippen LogP contribution in [-0.2, 0) is 11.2 Å². The monoisotopic (exact) mass is 355 g/mol. The van der Waals surface area contributed by atoms with E-state index < -0.39 is 4.92 Å². The first kappa shape index (κ1) is 19.1. The number of hydrogen-bond donors (Lipinski definition) is 1. The maximum absolute atomic E-state index is 12.3. The van der Waals surface area contributed by atoms with Crippen molar-refractivity contribution in [1.82, 2.24) is 0 Å². The van der Waals surface area contributed by atoms with Gasteiger partial charge in [-0.25, -0.2) is 0 Å². The third-order valence-corrected chi connectivity index (χ3v) is 4.04. The number of nitrogens with one attached hydrogen (secondary N) is 1. The highest BCUT2D eigenvalue weighted by Crippen LogP contribution is 2.28. The number of nitro groups is 1. The first-order chi connectivity index (χ1) is 12.3. The molecule has 0 fully saturated rings. The maximum atomic E-state index is 12.3. The lowest BCUT2D eigenvalue weighted by Gasteiger charge is -2.19. The lowest BCUT2D eigenvalue weighted by Crippen LogP contribution is -2.30. The maximum Gasteiger partial charge on any atom is 0.293 e. The Morgan fingerprint density at radius 3 is 2.50 bits per heavy atom. The van der Waals surface area contributed by atoms with Crippen molar-refractivity contribution < 1.29 is 14.5 Å². The van der Waals surface area contributed by atoms with E-state index in [1.165, 1.54) is 30.0 Å². The van der Waals surface area contributed by atoms with E-state index in [1.807, 2.05) is 31.2 Å². The van der Waals surface area contributed by atoms with E-state index in [0.29, 0.717) is 0 Å². The molecule has 0 spiro atoms. The number of nitrogens with zero attached hydrogens (tertiary/aromatic N) is 2. The van der Waals surface area contributed by atoms with Crippen molar-refractivity contribution in [3.8, 4) is 0 Å². The number of para-hydroxylation sites is 1.